The summed E-state index contributed by atoms with van der Waals surface area (Å²) >= 11 is 0. The minimum absolute atomic E-state index is 0.262. The van der Waals surface area contributed by atoms with Crippen LogP contribution in [0.1, 0.15) is 43.5 Å². The zero-order valence-electron chi connectivity index (χ0n) is 12.9. The van der Waals surface area contributed by atoms with Crippen molar-refractivity contribution in [3.63, 3.8) is 0 Å². The number of rotatable bonds is 5. The van der Waals surface area contributed by atoms with E-state index in [4.69, 9.17) is 0 Å². The molecule has 2 N–H and O–H groups in total. The van der Waals surface area contributed by atoms with Crippen LogP contribution in [0.5, 0.6) is 5.75 Å². The van der Waals surface area contributed by atoms with Crippen molar-refractivity contribution >= 4 is 0 Å². The van der Waals surface area contributed by atoms with Crippen molar-refractivity contribution in [1.82, 2.24) is 15.2 Å². The van der Waals surface area contributed by atoms with Crippen LogP contribution in [-0.4, -0.2) is 41.2 Å². The van der Waals surface area contributed by atoms with Crippen molar-refractivity contribution in [2.24, 2.45) is 0 Å². The standard InChI is InChI=1S/C16H27N3O/c1-13-7-8-15(20)14(18-13)11-17-12-16(19(2)3)9-5-4-6-10-16/h7-8,17,20H,4-6,9-12H2,1-3H3. The van der Waals surface area contributed by atoms with Crippen LogP contribution in [0.25, 0.3) is 0 Å². The van der Waals surface area contributed by atoms with Crippen LogP contribution in [-0.2, 0) is 6.54 Å². The Bertz CT molecular complexity index is 439. The second-order valence-electron chi connectivity index (χ2n) is 6.20. The van der Waals surface area contributed by atoms with Crippen LogP contribution in [0.2, 0.25) is 0 Å². The van der Waals surface area contributed by atoms with Gasteiger partial charge in [0.1, 0.15) is 5.75 Å². The molecule has 112 valence electrons. The molecule has 4 heteroatoms. The van der Waals surface area contributed by atoms with Gasteiger partial charge in [0.25, 0.3) is 0 Å². The molecule has 1 saturated carbocycles. The predicted octanol–water partition coefficient (Wildman–Crippen LogP) is 2.45. The van der Waals surface area contributed by atoms with Gasteiger partial charge in [-0.3, -0.25) is 4.98 Å². The Labute approximate surface area is 122 Å². The van der Waals surface area contributed by atoms with Gasteiger partial charge in [-0.2, -0.15) is 0 Å². The van der Waals surface area contributed by atoms with Gasteiger partial charge in [0.15, 0.2) is 0 Å². The lowest BCUT2D eigenvalue weighted by molar-refractivity contribution is 0.0982. The zero-order valence-corrected chi connectivity index (χ0v) is 12.9. The van der Waals surface area contributed by atoms with Gasteiger partial charge in [-0.1, -0.05) is 19.3 Å². The second-order valence-corrected chi connectivity index (χ2v) is 6.20. The molecule has 0 radical (unpaired) electrons. The molecular formula is C16H27N3O. The molecule has 0 aromatic carbocycles. The molecule has 1 aromatic rings. The molecule has 1 aliphatic carbocycles. The molecule has 1 fully saturated rings. The fourth-order valence-electron chi connectivity index (χ4n) is 3.14. The summed E-state index contributed by atoms with van der Waals surface area (Å²) in [6.07, 6.45) is 6.48. The topological polar surface area (TPSA) is 48.4 Å². The number of aryl methyl sites for hydroxylation is 1. The van der Waals surface area contributed by atoms with Gasteiger partial charge >= 0.3 is 0 Å². The molecule has 1 aromatic heterocycles. The SMILES string of the molecule is Cc1ccc(O)c(CNCC2(N(C)C)CCCCC2)n1. The summed E-state index contributed by atoms with van der Waals surface area (Å²) in [4.78, 5) is 6.76. The van der Waals surface area contributed by atoms with Crippen LogP contribution in [0.15, 0.2) is 12.1 Å². The van der Waals surface area contributed by atoms with Crippen LogP contribution < -0.4 is 5.32 Å². The fourth-order valence-corrected chi connectivity index (χ4v) is 3.14. The number of pyridine rings is 1. The highest BCUT2D eigenvalue weighted by atomic mass is 16.3. The number of likely N-dealkylation sites (N-methyl/N-ethyl adjacent to an activating group) is 1. The average molecular weight is 277 g/mol. The Kier molecular flexibility index (Phi) is 5.00. The van der Waals surface area contributed by atoms with Crippen LogP contribution in [0.4, 0.5) is 0 Å². The van der Waals surface area contributed by atoms with E-state index in [1.807, 2.05) is 13.0 Å². The Morgan fingerprint density at radius 1 is 1.25 bits per heavy atom. The van der Waals surface area contributed by atoms with Crippen molar-refractivity contribution in [2.45, 2.75) is 51.1 Å². The lowest BCUT2D eigenvalue weighted by atomic mass is 9.80. The maximum atomic E-state index is 9.83. The van der Waals surface area contributed by atoms with E-state index in [0.717, 1.165) is 17.9 Å². The van der Waals surface area contributed by atoms with E-state index in [0.29, 0.717) is 6.54 Å². The number of nitrogens with zero attached hydrogens (tertiary/aromatic N) is 2. The number of aromatic hydroxyl groups is 1. The van der Waals surface area contributed by atoms with Gasteiger partial charge in [-0.15, -0.1) is 0 Å². The van der Waals surface area contributed by atoms with Gasteiger partial charge in [0.05, 0.1) is 5.69 Å². The lowest BCUT2D eigenvalue weighted by Gasteiger charge is -2.43. The molecule has 0 saturated heterocycles. The van der Waals surface area contributed by atoms with Gasteiger partial charge in [-0.05, 0) is 46.0 Å². The molecule has 2 rings (SSSR count). The monoisotopic (exact) mass is 277 g/mol. The molecule has 4 nitrogen and oxygen atoms in total. The normalized spacial score (nSPS) is 18.4. The number of hydrogen-bond donors (Lipinski definition) is 2. The largest absolute Gasteiger partial charge is 0.506 e. The quantitative estimate of drug-likeness (QED) is 0.868. The van der Waals surface area contributed by atoms with Gasteiger partial charge in [0.2, 0.25) is 0 Å². The van der Waals surface area contributed by atoms with E-state index < -0.39 is 0 Å². The predicted molar refractivity (Wildman–Crippen MR) is 81.8 cm³/mol. The van der Waals surface area contributed by atoms with E-state index in [2.05, 4.69) is 29.3 Å². The summed E-state index contributed by atoms with van der Waals surface area (Å²) in [7, 11) is 4.35. The Hall–Kier alpha value is -1.13. The first kappa shape index (κ1) is 15.3. The summed E-state index contributed by atoms with van der Waals surface area (Å²) in [6, 6.07) is 3.56. The van der Waals surface area contributed by atoms with E-state index in [9.17, 15) is 5.11 Å². The van der Waals surface area contributed by atoms with Crippen LogP contribution >= 0.6 is 0 Å². The van der Waals surface area contributed by atoms with Crippen molar-refractivity contribution < 1.29 is 5.11 Å². The first-order valence-corrected chi connectivity index (χ1v) is 7.57. The third-order valence-electron chi connectivity index (χ3n) is 4.57. The Balaban J connectivity index is 1.95. The first-order chi connectivity index (χ1) is 9.53. The maximum Gasteiger partial charge on any atom is 0.138 e. The van der Waals surface area contributed by atoms with Gasteiger partial charge in [-0.25, -0.2) is 0 Å². The lowest BCUT2D eigenvalue weighted by Crippen LogP contribution is -2.52. The maximum absolute atomic E-state index is 9.83. The van der Waals surface area contributed by atoms with E-state index in [-0.39, 0.29) is 11.3 Å². The van der Waals surface area contributed by atoms with E-state index >= 15 is 0 Å². The van der Waals surface area contributed by atoms with Crippen molar-refractivity contribution in [3.8, 4) is 5.75 Å². The molecular weight excluding hydrogens is 250 g/mol. The molecule has 1 aliphatic rings. The smallest absolute Gasteiger partial charge is 0.138 e. The van der Waals surface area contributed by atoms with E-state index in [1.165, 1.54) is 32.1 Å². The molecule has 0 bridgehead atoms. The summed E-state index contributed by atoms with van der Waals surface area (Å²) in [5.41, 5.74) is 1.95. The van der Waals surface area contributed by atoms with Crippen LogP contribution in [0.3, 0.4) is 0 Å². The Morgan fingerprint density at radius 2 is 1.95 bits per heavy atom. The van der Waals surface area contributed by atoms with Crippen molar-refractivity contribution in [3.05, 3.63) is 23.5 Å². The highest BCUT2D eigenvalue weighted by Gasteiger charge is 2.33. The minimum atomic E-state index is 0.262. The van der Waals surface area contributed by atoms with Crippen molar-refractivity contribution in [2.75, 3.05) is 20.6 Å². The third-order valence-corrected chi connectivity index (χ3v) is 4.57. The third kappa shape index (κ3) is 3.49. The molecule has 20 heavy (non-hydrogen) atoms. The molecule has 0 aliphatic heterocycles. The zero-order chi connectivity index (χ0) is 14.6. The Morgan fingerprint density at radius 3 is 2.60 bits per heavy atom. The van der Waals surface area contributed by atoms with Gasteiger partial charge in [0, 0.05) is 24.3 Å². The van der Waals surface area contributed by atoms with Crippen LogP contribution in [0, 0.1) is 6.92 Å². The molecule has 0 unspecified atom stereocenters. The highest BCUT2D eigenvalue weighted by molar-refractivity contribution is 5.27. The van der Waals surface area contributed by atoms with E-state index in [1.54, 1.807) is 6.07 Å². The van der Waals surface area contributed by atoms with Crippen molar-refractivity contribution in [1.29, 1.82) is 0 Å². The second kappa shape index (κ2) is 6.55. The average Bonchev–Trinajstić information content (AvgIpc) is 2.43. The highest BCUT2D eigenvalue weighted by Crippen LogP contribution is 2.31. The number of aromatic nitrogens is 1. The molecule has 0 amide bonds. The molecule has 1 heterocycles. The summed E-state index contributed by atoms with van der Waals surface area (Å²) in [5, 5.41) is 13.3. The fraction of sp³-hybridized carbons (Fsp3) is 0.688. The summed E-state index contributed by atoms with van der Waals surface area (Å²) < 4.78 is 0. The van der Waals surface area contributed by atoms with Gasteiger partial charge < -0.3 is 15.3 Å². The molecule has 0 atom stereocenters. The first-order valence-electron chi connectivity index (χ1n) is 7.57. The number of hydrogen-bond acceptors (Lipinski definition) is 4. The summed E-state index contributed by atoms with van der Waals surface area (Å²) in [6.45, 7) is 3.53. The summed E-state index contributed by atoms with van der Waals surface area (Å²) in [5.74, 6) is 0.283. The molecule has 0 spiro atoms. The minimum Gasteiger partial charge on any atom is -0.506 e. The number of nitrogens with one attached hydrogen (secondary N) is 1.